The van der Waals surface area contributed by atoms with Gasteiger partial charge >= 0.3 is 5.97 Å². The zero-order valence-electron chi connectivity index (χ0n) is 16.3. The Hall–Kier alpha value is -2.47. The molecule has 146 valence electrons. The van der Waals surface area contributed by atoms with E-state index in [1.807, 2.05) is 31.2 Å². The third-order valence-corrected chi connectivity index (χ3v) is 4.40. The Morgan fingerprint density at radius 1 is 1.30 bits per heavy atom. The highest BCUT2D eigenvalue weighted by Gasteiger charge is 2.19. The Kier molecular flexibility index (Phi) is 7.30. The van der Waals surface area contributed by atoms with Gasteiger partial charge in [0.2, 0.25) is 5.88 Å². The zero-order chi connectivity index (χ0) is 20.0. The first-order chi connectivity index (χ1) is 12.9. The predicted molar refractivity (Wildman–Crippen MR) is 105 cm³/mol. The fourth-order valence-corrected chi connectivity index (χ4v) is 2.81. The second kappa shape index (κ2) is 9.46. The minimum Gasteiger partial charge on any atom is -0.503 e. The van der Waals surface area contributed by atoms with Crippen molar-refractivity contribution in [1.29, 1.82) is 0 Å². The molecular weight excluding hydrogens is 368 g/mol. The number of hydrogen-bond donors (Lipinski definition) is 0. The number of halogens is 1. The molecule has 27 heavy (non-hydrogen) atoms. The third-order valence-electron chi connectivity index (χ3n) is 3.92. The lowest BCUT2D eigenvalue weighted by molar-refractivity contribution is -0.133. The molecule has 7 heteroatoms. The number of nitrogens with zero attached hydrogens (tertiary/aromatic N) is 2. The van der Waals surface area contributed by atoms with E-state index in [4.69, 9.17) is 25.8 Å². The van der Waals surface area contributed by atoms with Crippen molar-refractivity contribution in [1.82, 2.24) is 9.78 Å². The minimum atomic E-state index is -0.482. The number of carbonyl (C=O) groups excluding carboxylic acids is 1. The molecule has 0 N–H and O–H groups in total. The summed E-state index contributed by atoms with van der Waals surface area (Å²) in [5.74, 6) is 0.410. The average molecular weight is 393 g/mol. The van der Waals surface area contributed by atoms with Crippen LogP contribution in [0, 0.1) is 12.8 Å². The molecule has 2 rings (SSSR count). The fourth-order valence-electron chi connectivity index (χ4n) is 2.62. The summed E-state index contributed by atoms with van der Waals surface area (Å²) < 4.78 is 17.5. The van der Waals surface area contributed by atoms with Gasteiger partial charge in [0.05, 0.1) is 20.5 Å². The fraction of sp³-hybridized carbons (Fsp3) is 0.400. The van der Waals surface area contributed by atoms with Gasteiger partial charge in [-0.3, -0.25) is 0 Å². The van der Waals surface area contributed by atoms with E-state index in [1.165, 1.54) is 20.5 Å². The number of methoxy groups -OCH3 is 2. The van der Waals surface area contributed by atoms with Gasteiger partial charge in [0, 0.05) is 12.1 Å². The molecule has 0 saturated carbocycles. The van der Waals surface area contributed by atoms with Gasteiger partial charge < -0.3 is 14.2 Å². The molecule has 0 fully saturated rings. The largest absolute Gasteiger partial charge is 0.503 e. The molecule has 0 radical (unpaired) electrons. The zero-order valence-corrected chi connectivity index (χ0v) is 17.0. The van der Waals surface area contributed by atoms with Crippen LogP contribution >= 0.6 is 11.6 Å². The smallest absolute Gasteiger partial charge is 0.341 e. The SMILES string of the molecule is CO/C=C(/C(=O)OC)c1ccccc1COc1nn(CC(C)C)c(Cl)c1C. The van der Waals surface area contributed by atoms with Crippen LogP contribution in [0.4, 0.5) is 0 Å². The number of ether oxygens (including phenoxy) is 3. The van der Waals surface area contributed by atoms with E-state index in [1.54, 1.807) is 4.68 Å². The van der Waals surface area contributed by atoms with Crippen molar-refractivity contribution >= 4 is 23.1 Å². The standard InChI is InChI=1S/C20H25ClN2O4/c1-13(2)10-23-18(21)14(3)19(22-23)27-11-15-8-6-7-9-16(15)17(12-25-4)20(24)26-5/h6-9,12-13H,10-11H2,1-5H3/b17-12+. The molecule has 0 bridgehead atoms. The summed E-state index contributed by atoms with van der Waals surface area (Å²) in [6, 6.07) is 7.41. The van der Waals surface area contributed by atoms with Crippen molar-refractivity contribution in [2.24, 2.45) is 5.92 Å². The van der Waals surface area contributed by atoms with E-state index in [0.717, 1.165) is 11.1 Å². The minimum absolute atomic E-state index is 0.226. The van der Waals surface area contributed by atoms with E-state index in [9.17, 15) is 4.79 Å². The third kappa shape index (κ3) is 5.04. The molecule has 0 saturated heterocycles. The van der Waals surface area contributed by atoms with E-state index < -0.39 is 5.97 Å². The van der Waals surface area contributed by atoms with E-state index in [-0.39, 0.29) is 6.61 Å². The number of rotatable bonds is 8. The van der Waals surface area contributed by atoms with E-state index in [0.29, 0.717) is 34.6 Å². The van der Waals surface area contributed by atoms with Crippen LogP contribution in [0.25, 0.3) is 5.57 Å². The molecule has 0 aliphatic carbocycles. The predicted octanol–water partition coefficient (Wildman–Crippen LogP) is 4.24. The summed E-state index contributed by atoms with van der Waals surface area (Å²) in [7, 11) is 2.81. The van der Waals surface area contributed by atoms with Crippen molar-refractivity contribution in [2.75, 3.05) is 14.2 Å². The first-order valence-electron chi connectivity index (χ1n) is 8.64. The van der Waals surface area contributed by atoms with Gasteiger partial charge in [-0.2, -0.15) is 0 Å². The summed E-state index contributed by atoms with van der Waals surface area (Å²) in [5.41, 5.74) is 2.59. The normalized spacial score (nSPS) is 11.6. The van der Waals surface area contributed by atoms with Crippen LogP contribution in [0.2, 0.25) is 5.15 Å². The summed E-state index contributed by atoms with van der Waals surface area (Å²) in [6.07, 6.45) is 1.37. The van der Waals surface area contributed by atoms with Crippen LogP contribution in [0.3, 0.4) is 0 Å². The molecule has 0 amide bonds. The summed E-state index contributed by atoms with van der Waals surface area (Å²) in [6.45, 7) is 7.01. The van der Waals surface area contributed by atoms with Crippen LogP contribution in [0.5, 0.6) is 5.88 Å². The van der Waals surface area contributed by atoms with Gasteiger partial charge in [0.1, 0.15) is 17.3 Å². The number of esters is 1. The average Bonchev–Trinajstić information content (AvgIpc) is 2.91. The number of carbonyl (C=O) groups is 1. The van der Waals surface area contributed by atoms with Crippen LogP contribution < -0.4 is 4.74 Å². The van der Waals surface area contributed by atoms with Crippen molar-refractivity contribution in [3.05, 3.63) is 52.4 Å². The highest BCUT2D eigenvalue weighted by Crippen LogP contribution is 2.28. The molecule has 0 spiro atoms. The maximum Gasteiger partial charge on any atom is 0.341 e. The molecule has 2 aromatic rings. The molecule has 1 aromatic carbocycles. The first kappa shape index (κ1) is 20.8. The molecule has 0 atom stereocenters. The molecular formula is C20H25ClN2O4. The van der Waals surface area contributed by atoms with E-state index >= 15 is 0 Å². The Bertz CT molecular complexity index is 827. The van der Waals surface area contributed by atoms with Crippen molar-refractivity contribution in [2.45, 2.75) is 33.9 Å². The Balaban J connectivity index is 2.27. The lowest BCUT2D eigenvalue weighted by Crippen LogP contribution is -2.09. The quantitative estimate of drug-likeness (QED) is 0.382. The first-order valence-corrected chi connectivity index (χ1v) is 9.02. The molecule has 0 aliphatic rings. The summed E-state index contributed by atoms with van der Waals surface area (Å²) >= 11 is 6.36. The van der Waals surface area contributed by atoms with E-state index in [2.05, 4.69) is 18.9 Å². The Morgan fingerprint density at radius 3 is 2.63 bits per heavy atom. The van der Waals surface area contributed by atoms with Gasteiger partial charge in [0.25, 0.3) is 0 Å². The number of benzene rings is 1. The lowest BCUT2D eigenvalue weighted by Gasteiger charge is -2.12. The number of aromatic nitrogens is 2. The highest BCUT2D eigenvalue weighted by atomic mass is 35.5. The number of hydrogen-bond acceptors (Lipinski definition) is 5. The molecule has 0 aliphatic heterocycles. The highest BCUT2D eigenvalue weighted by molar-refractivity contribution is 6.30. The maximum absolute atomic E-state index is 12.1. The van der Waals surface area contributed by atoms with Gasteiger partial charge in [-0.1, -0.05) is 49.7 Å². The van der Waals surface area contributed by atoms with Crippen molar-refractivity contribution in [3.8, 4) is 5.88 Å². The van der Waals surface area contributed by atoms with Gasteiger partial charge in [0.15, 0.2) is 0 Å². The van der Waals surface area contributed by atoms with Crippen LogP contribution in [-0.4, -0.2) is 30.0 Å². The monoisotopic (exact) mass is 392 g/mol. The summed E-state index contributed by atoms with van der Waals surface area (Å²) in [5, 5.41) is 5.03. The lowest BCUT2D eigenvalue weighted by atomic mass is 10.0. The van der Waals surface area contributed by atoms with Crippen molar-refractivity contribution in [3.63, 3.8) is 0 Å². The van der Waals surface area contributed by atoms with Gasteiger partial charge in [-0.25, -0.2) is 9.48 Å². The second-order valence-corrected chi connectivity index (χ2v) is 6.86. The van der Waals surface area contributed by atoms with Gasteiger partial charge in [-0.05, 0) is 24.0 Å². The molecule has 1 aromatic heterocycles. The van der Waals surface area contributed by atoms with Crippen LogP contribution in [0.15, 0.2) is 30.5 Å². The van der Waals surface area contributed by atoms with Crippen LogP contribution in [-0.2, 0) is 27.4 Å². The Morgan fingerprint density at radius 2 is 2.00 bits per heavy atom. The topological polar surface area (TPSA) is 62.6 Å². The molecule has 6 nitrogen and oxygen atoms in total. The van der Waals surface area contributed by atoms with Crippen LogP contribution in [0.1, 0.15) is 30.5 Å². The second-order valence-electron chi connectivity index (χ2n) is 6.50. The van der Waals surface area contributed by atoms with Crippen molar-refractivity contribution < 1.29 is 19.0 Å². The maximum atomic E-state index is 12.1. The Labute approximate surface area is 164 Å². The molecule has 1 heterocycles. The molecule has 0 unspecified atom stereocenters. The summed E-state index contributed by atoms with van der Waals surface area (Å²) in [4.78, 5) is 12.1. The van der Waals surface area contributed by atoms with Gasteiger partial charge in [-0.15, -0.1) is 5.10 Å².